The maximum absolute atomic E-state index is 13.6. The lowest BCUT2D eigenvalue weighted by atomic mass is 10.0. The van der Waals surface area contributed by atoms with E-state index in [1.807, 2.05) is 0 Å². The maximum Gasteiger partial charge on any atom is 0.329 e. The normalized spacial score (nSPS) is 11.9. The number of esters is 1. The van der Waals surface area contributed by atoms with E-state index >= 15 is 0 Å². The van der Waals surface area contributed by atoms with Gasteiger partial charge in [-0.1, -0.05) is 156 Å². The largest absolute Gasteiger partial charge is 0.464 e. The smallest absolute Gasteiger partial charge is 0.329 e. The molecule has 260 valence electrons. The topological polar surface area (TPSA) is 89.7 Å². The number of rotatable bonds is 33. The molecule has 0 aliphatic rings. The van der Waals surface area contributed by atoms with Gasteiger partial charge in [0, 0.05) is 12.8 Å². The number of ether oxygens (including phenoxy) is 1. The third-order valence-corrected chi connectivity index (χ3v) is 8.78. The van der Waals surface area contributed by atoms with Gasteiger partial charge in [-0.2, -0.15) is 0 Å². The Morgan fingerprint density at radius 3 is 1.25 bits per heavy atom. The molecule has 0 saturated heterocycles. The molecule has 0 unspecified atom stereocenters. The van der Waals surface area contributed by atoms with Gasteiger partial charge in [0.1, 0.15) is 6.04 Å². The summed E-state index contributed by atoms with van der Waals surface area (Å²) in [6.07, 6.45) is 30.2. The van der Waals surface area contributed by atoms with Gasteiger partial charge in [-0.3, -0.25) is 14.5 Å². The van der Waals surface area contributed by atoms with Crippen LogP contribution in [0.5, 0.6) is 0 Å². The molecule has 0 aliphatic heterocycles. The third kappa shape index (κ3) is 24.8. The van der Waals surface area contributed by atoms with Crippen molar-refractivity contribution < 1.29 is 19.1 Å². The standard InChI is InChI=1S/C38H74N2O4/c1-4-7-10-13-16-18-20-22-25-31-36(41)40(37(42)32-26-23-21-19-17-14-11-8-5-2)35(30-27-28-33-39)38(43)44-34-29-24-15-12-9-6-3/h35H,4-34,39H2,1-3H3/t35-/m0/s1. The first kappa shape index (κ1) is 42.6. The second-order valence-corrected chi connectivity index (χ2v) is 13.0. The summed E-state index contributed by atoms with van der Waals surface area (Å²) in [5.74, 6) is -0.831. The highest BCUT2D eigenvalue weighted by molar-refractivity contribution is 5.99. The van der Waals surface area contributed by atoms with Crippen molar-refractivity contribution >= 4 is 17.8 Å². The van der Waals surface area contributed by atoms with Crippen LogP contribution >= 0.6 is 0 Å². The summed E-state index contributed by atoms with van der Waals surface area (Å²) in [6.45, 7) is 7.55. The van der Waals surface area contributed by atoms with Gasteiger partial charge >= 0.3 is 5.97 Å². The molecule has 0 rings (SSSR count). The molecule has 0 aliphatic carbocycles. The lowest BCUT2D eigenvalue weighted by Crippen LogP contribution is -2.49. The Morgan fingerprint density at radius 2 is 0.864 bits per heavy atom. The zero-order chi connectivity index (χ0) is 32.5. The second-order valence-electron chi connectivity index (χ2n) is 13.0. The number of nitrogens with two attached hydrogens (primary N) is 1. The Morgan fingerprint density at radius 1 is 0.500 bits per heavy atom. The monoisotopic (exact) mass is 623 g/mol. The Hall–Kier alpha value is -1.43. The average molecular weight is 623 g/mol. The molecule has 0 saturated carbocycles. The van der Waals surface area contributed by atoms with Gasteiger partial charge in [0.15, 0.2) is 0 Å². The Balaban J connectivity index is 5.11. The number of carbonyl (C=O) groups is 3. The number of carbonyl (C=O) groups excluding carboxylic acids is 3. The molecule has 6 nitrogen and oxygen atoms in total. The quantitative estimate of drug-likeness (QED) is 0.0581. The number of hydrogen-bond donors (Lipinski definition) is 1. The van der Waals surface area contributed by atoms with Crippen molar-refractivity contribution in [3.8, 4) is 0 Å². The van der Waals surface area contributed by atoms with E-state index in [4.69, 9.17) is 10.5 Å². The van der Waals surface area contributed by atoms with Crippen molar-refractivity contribution in [2.45, 2.75) is 213 Å². The van der Waals surface area contributed by atoms with Crippen molar-refractivity contribution in [3.05, 3.63) is 0 Å². The minimum Gasteiger partial charge on any atom is -0.464 e. The molecule has 1 atom stereocenters. The second kappa shape index (κ2) is 32.9. The zero-order valence-electron chi connectivity index (χ0n) is 29.7. The van der Waals surface area contributed by atoms with Crippen LogP contribution < -0.4 is 5.73 Å². The highest BCUT2D eigenvalue weighted by Crippen LogP contribution is 2.19. The first-order valence-corrected chi connectivity index (χ1v) is 19.2. The van der Waals surface area contributed by atoms with Crippen molar-refractivity contribution in [1.29, 1.82) is 0 Å². The zero-order valence-corrected chi connectivity index (χ0v) is 29.7. The molecule has 0 spiro atoms. The Labute approximate surface area is 273 Å². The van der Waals surface area contributed by atoms with E-state index in [1.54, 1.807) is 0 Å². The fourth-order valence-corrected chi connectivity index (χ4v) is 5.89. The summed E-state index contributed by atoms with van der Waals surface area (Å²) in [6, 6.07) is -0.834. The van der Waals surface area contributed by atoms with E-state index < -0.39 is 12.0 Å². The molecule has 0 bridgehead atoms. The van der Waals surface area contributed by atoms with Crippen LogP contribution in [0.3, 0.4) is 0 Å². The van der Waals surface area contributed by atoms with Gasteiger partial charge in [-0.05, 0) is 45.1 Å². The summed E-state index contributed by atoms with van der Waals surface area (Å²) in [5, 5.41) is 0. The maximum atomic E-state index is 13.6. The number of hydrogen-bond acceptors (Lipinski definition) is 5. The molecule has 0 aromatic rings. The molecule has 2 amide bonds. The Bertz CT molecular complexity index is 635. The first-order valence-electron chi connectivity index (χ1n) is 19.2. The van der Waals surface area contributed by atoms with Crippen molar-refractivity contribution in [2.75, 3.05) is 13.2 Å². The fourth-order valence-electron chi connectivity index (χ4n) is 5.89. The van der Waals surface area contributed by atoms with E-state index in [-0.39, 0.29) is 11.8 Å². The van der Waals surface area contributed by atoms with Gasteiger partial charge in [0.05, 0.1) is 6.61 Å². The molecule has 0 aromatic heterocycles. The molecule has 2 N–H and O–H groups in total. The van der Waals surface area contributed by atoms with E-state index in [0.29, 0.717) is 38.8 Å². The average Bonchev–Trinajstić information content (AvgIpc) is 3.02. The van der Waals surface area contributed by atoms with Crippen LogP contribution in [-0.4, -0.2) is 41.9 Å². The lowest BCUT2D eigenvalue weighted by Gasteiger charge is -2.29. The third-order valence-electron chi connectivity index (χ3n) is 8.78. The van der Waals surface area contributed by atoms with Crippen LogP contribution in [0.4, 0.5) is 0 Å². The van der Waals surface area contributed by atoms with Gasteiger partial charge < -0.3 is 10.5 Å². The molecule has 0 heterocycles. The predicted octanol–water partition coefficient (Wildman–Crippen LogP) is 10.6. The van der Waals surface area contributed by atoms with Gasteiger partial charge in [0.2, 0.25) is 11.8 Å². The first-order chi connectivity index (χ1) is 21.5. The van der Waals surface area contributed by atoms with Gasteiger partial charge in [-0.15, -0.1) is 0 Å². The number of amides is 2. The van der Waals surface area contributed by atoms with E-state index in [2.05, 4.69) is 20.8 Å². The van der Waals surface area contributed by atoms with Crippen LogP contribution in [0.15, 0.2) is 0 Å². The van der Waals surface area contributed by atoms with E-state index in [9.17, 15) is 14.4 Å². The summed E-state index contributed by atoms with van der Waals surface area (Å²) in [5.41, 5.74) is 5.75. The summed E-state index contributed by atoms with van der Waals surface area (Å²) < 4.78 is 5.70. The minimum absolute atomic E-state index is 0.205. The van der Waals surface area contributed by atoms with E-state index in [1.165, 1.54) is 101 Å². The molecular formula is C38H74N2O4. The van der Waals surface area contributed by atoms with Crippen LogP contribution in [0.1, 0.15) is 207 Å². The molecule has 6 heteroatoms. The van der Waals surface area contributed by atoms with Crippen LogP contribution in [0.2, 0.25) is 0 Å². The lowest BCUT2D eigenvalue weighted by molar-refractivity contribution is -0.162. The van der Waals surface area contributed by atoms with Crippen LogP contribution in [0, 0.1) is 0 Å². The number of unbranched alkanes of at least 4 members (excludes halogenated alkanes) is 22. The van der Waals surface area contributed by atoms with E-state index in [0.717, 1.165) is 64.2 Å². The van der Waals surface area contributed by atoms with Crippen LogP contribution in [-0.2, 0) is 19.1 Å². The Kier molecular flexibility index (Phi) is 31.9. The fraction of sp³-hybridized carbons (Fsp3) is 0.921. The summed E-state index contributed by atoms with van der Waals surface area (Å²) in [7, 11) is 0. The molecule has 0 fully saturated rings. The molecule has 44 heavy (non-hydrogen) atoms. The van der Waals surface area contributed by atoms with Gasteiger partial charge in [-0.25, -0.2) is 4.79 Å². The highest BCUT2D eigenvalue weighted by Gasteiger charge is 2.34. The van der Waals surface area contributed by atoms with Crippen LogP contribution in [0.25, 0.3) is 0 Å². The summed E-state index contributed by atoms with van der Waals surface area (Å²) in [4.78, 5) is 41.8. The minimum atomic E-state index is -0.834. The molecule has 0 aromatic carbocycles. The highest BCUT2D eigenvalue weighted by atomic mass is 16.5. The van der Waals surface area contributed by atoms with Crippen molar-refractivity contribution in [2.24, 2.45) is 5.73 Å². The SMILES string of the molecule is CCCCCCCCCCCC(=O)N(C(=O)CCCCCCCCCCC)[C@@H](CCCCN)C(=O)OCCCCCCCC. The van der Waals surface area contributed by atoms with Gasteiger partial charge in [0.25, 0.3) is 0 Å². The number of imide groups is 1. The number of nitrogens with zero attached hydrogens (tertiary/aromatic N) is 1. The predicted molar refractivity (Wildman–Crippen MR) is 187 cm³/mol. The summed E-state index contributed by atoms with van der Waals surface area (Å²) >= 11 is 0. The molecule has 0 radical (unpaired) electrons. The van der Waals surface area contributed by atoms with Crippen molar-refractivity contribution in [1.82, 2.24) is 4.90 Å². The molecular weight excluding hydrogens is 548 g/mol. The van der Waals surface area contributed by atoms with Crippen molar-refractivity contribution in [3.63, 3.8) is 0 Å².